The van der Waals surface area contributed by atoms with Crippen molar-refractivity contribution in [3.63, 3.8) is 0 Å². The monoisotopic (exact) mass is 302 g/mol. The third-order valence-electron chi connectivity index (χ3n) is 3.95. The van der Waals surface area contributed by atoms with Crippen molar-refractivity contribution in [2.24, 2.45) is 0 Å². The molecule has 1 heterocycles. The number of benzene rings is 1. The summed E-state index contributed by atoms with van der Waals surface area (Å²) in [6, 6.07) is 5.80. The minimum absolute atomic E-state index is 0.194. The van der Waals surface area contributed by atoms with Gasteiger partial charge in [-0.3, -0.25) is 4.79 Å². The summed E-state index contributed by atoms with van der Waals surface area (Å²) in [5.41, 5.74) is 2.24. The number of likely N-dealkylation sites (N-methyl/N-ethyl adjacent to an activating group) is 1. The van der Waals surface area contributed by atoms with Crippen molar-refractivity contribution in [2.75, 3.05) is 19.6 Å². The van der Waals surface area contributed by atoms with Gasteiger partial charge in [-0.2, -0.15) is 0 Å². The second kappa shape index (κ2) is 7.99. The van der Waals surface area contributed by atoms with Crippen LogP contribution in [0.2, 0.25) is 0 Å². The van der Waals surface area contributed by atoms with Gasteiger partial charge in [0, 0.05) is 30.1 Å². The summed E-state index contributed by atoms with van der Waals surface area (Å²) in [6.07, 6.45) is 4.54. The molecule has 4 nitrogen and oxygen atoms in total. The molecule has 0 saturated carbocycles. The number of carbonyl (C=O) groups excluding carboxylic acids is 1. The summed E-state index contributed by atoms with van der Waals surface area (Å²) in [6.45, 7) is 9.41. The van der Waals surface area contributed by atoms with Crippen LogP contribution in [0.3, 0.4) is 0 Å². The predicted octanol–water partition coefficient (Wildman–Crippen LogP) is 3.76. The molecular formula is C18H26N2O2. The van der Waals surface area contributed by atoms with E-state index in [4.69, 9.17) is 4.74 Å². The number of fused-ring (bicyclic) bond motifs is 1. The zero-order valence-corrected chi connectivity index (χ0v) is 13.8. The van der Waals surface area contributed by atoms with Crippen LogP contribution in [0.5, 0.6) is 5.75 Å². The van der Waals surface area contributed by atoms with Crippen molar-refractivity contribution in [3.05, 3.63) is 30.0 Å². The fourth-order valence-corrected chi connectivity index (χ4v) is 2.72. The fraction of sp³-hybridized carbons (Fsp3) is 0.500. The van der Waals surface area contributed by atoms with Crippen LogP contribution >= 0.6 is 0 Å². The van der Waals surface area contributed by atoms with Crippen LogP contribution < -0.4 is 4.74 Å². The second-order valence-electron chi connectivity index (χ2n) is 5.50. The smallest absolute Gasteiger partial charge is 0.310 e. The molecule has 1 aromatic heterocycles. The van der Waals surface area contributed by atoms with E-state index in [2.05, 4.69) is 23.7 Å². The van der Waals surface area contributed by atoms with E-state index in [0.29, 0.717) is 12.2 Å². The lowest BCUT2D eigenvalue weighted by atomic mass is 10.1. The van der Waals surface area contributed by atoms with E-state index < -0.39 is 0 Å². The van der Waals surface area contributed by atoms with Gasteiger partial charge in [0.05, 0.1) is 0 Å². The first-order valence-corrected chi connectivity index (χ1v) is 8.21. The molecule has 0 fully saturated rings. The van der Waals surface area contributed by atoms with Gasteiger partial charge in [-0.1, -0.05) is 26.8 Å². The molecule has 0 spiro atoms. The number of H-pyrrole nitrogens is 1. The van der Waals surface area contributed by atoms with Gasteiger partial charge in [0.1, 0.15) is 5.75 Å². The highest BCUT2D eigenvalue weighted by Crippen LogP contribution is 2.29. The average Bonchev–Trinajstić information content (AvgIpc) is 2.95. The Hall–Kier alpha value is -1.81. The highest BCUT2D eigenvalue weighted by molar-refractivity contribution is 5.91. The third-order valence-corrected chi connectivity index (χ3v) is 3.95. The van der Waals surface area contributed by atoms with E-state index >= 15 is 0 Å². The zero-order chi connectivity index (χ0) is 15.9. The number of hydrogen-bond donors (Lipinski definition) is 1. The summed E-state index contributed by atoms with van der Waals surface area (Å²) in [5, 5.41) is 1.04. The van der Waals surface area contributed by atoms with Crippen LogP contribution in [0.4, 0.5) is 0 Å². The van der Waals surface area contributed by atoms with E-state index in [1.165, 1.54) is 12.0 Å². The molecule has 4 heteroatoms. The summed E-state index contributed by atoms with van der Waals surface area (Å²) in [4.78, 5) is 17.3. The molecule has 0 unspecified atom stereocenters. The standard InChI is InChI=1S/C18H26N2O2/c1-4-11-20(6-3)12-10-14-13-19-15-8-7-9-16(18(14)15)22-17(21)5-2/h7-9,13,19H,4-6,10-12H2,1-3H3. The van der Waals surface area contributed by atoms with Crippen LogP contribution in [0, 0.1) is 0 Å². The predicted molar refractivity (Wildman–Crippen MR) is 90.3 cm³/mol. The van der Waals surface area contributed by atoms with Crippen LogP contribution in [0.1, 0.15) is 39.2 Å². The first-order valence-electron chi connectivity index (χ1n) is 8.21. The molecule has 1 aromatic carbocycles. The molecule has 0 aliphatic carbocycles. The number of aromatic nitrogens is 1. The summed E-state index contributed by atoms with van der Waals surface area (Å²) in [5.74, 6) is 0.472. The van der Waals surface area contributed by atoms with E-state index in [0.717, 1.165) is 37.0 Å². The van der Waals surface area contributed by atoms with Crippen LogP contribution in [-0.2, 0) is 11.2 Å². The van der Waals surface area contributed by atoms with Gasteiger partial charge in [-0.15, -0.1) is 0 Å². The van der Waals surface area contributed by atoms with Gasteiger partial charge >= 0.3 is 5.97 Å². The Morgan fingerprint density at radius 2 is 2.05 bits per heavy atom. The summed E-state index contributed by atoms with van der Waals surface area (Å²) < 4.78 is 5.48. The molecule has 2 rings (SSSR count). The summed E-state index contributed by atoms with van der Waals surface area (Å²) in [7, 11) is 0. The fourth-order valence-electron chi connectivity index (χ4n) is 2.72. The van der Waals surface area contributed by atoms with Crippen LogP contribution in [-0.4, -0.2) is 35.5 Å². The second-order valence-corrected chi connectivity index (χ2v) is 5.50. The van der Waals surface area contributed by atoms with Crippen molar-refractivity contribution in [3.8, 4) is 5.75 Å². The van der Waals surface area contributed by atoms with Crippen molar-refractivity contribution in [2.45, 2.75) is 40.0 Å². The normalized spacial score (nSPS) is 11.3. The highest BCUT2D eigenvalue weighted by Gasteiger charge is 2.13. The van der Waals surface area contributed by atoms with Gasteiger partial charge in [0.15, 0.2) is 0 Å². The van der Waals surface area contributed by atoms with Crippen molar-refractivity contribution in [1.82, 2.24) is 9.88 Å². The Bertz CT molecular complexity index is 619. The third kappa shape index (κ3) is 3.89. The largest absolute Gasteiger partial charge is 0.426 e. The average molecular weight is 302 g/mol. The molecular weight excluding hydrogens is 276 g/mol. The van der Waals surface area contributed by atoms with Gasteiger partial charge < -0.3 is 14.6 Å². The maximum atomic E-state index is 11.6. The summed E-state index contributed by atoms with van der Waals surface area (Å²) >= 11 is 0. The van der Waals surface area contributed by atoms with E-state index in [9.17, 15) is 4.79 Å². The van der Waals surface area contributed by atoms with Gasteiger partial charge in [0.25, 0.3) is 0 Å². The highest BCUT2D eigenvalue weighted by atomic mass is 16.5. The first-order chi connectivity index (χ1) is 10.7. The van der Waals surface area contributed by atoms with Crippen molar-refractivity contribution >= 4 is 16.9 Å². The quantitative estimate of drug-likeness (QED) is 0.596. The number of hydrogen-bond acceptors (Lipinski definition) is 3. The maximum Gasteiger partial charge on any atom is 0.310 e. The Morgan fingerprint density at radius 1 is 1.23 bits per heavy atom. The number of carbonyl (C=O) groups is 1. The molecule has 120 valence electrons. The number of esters is 1. The minimum atomic E-state index is -0.194. The molecule has 0 aliphatic heterocycles. The molecule has 0 amide bonds. The lowest BCUT2D eigenvalue weighted by Crippen LogP contribution is -2.26. The molecule has 2 aromatic rings. The Kier molecular flexibility index (Phi) is 6.01. The number of ether oxygens (including phenoxy) is 1. The molecule has 22 heavy (non-hydrogen) atoms. The maximum absolute atomic E-state index is 11.6. The first kappa shape index (κ1) is 16.6. The van der Waals surface area contributed by atoms with Crippen LogP contribution in [0.15, 0.2) is 24.4 Å². The number of aromatic amines is 1. The molecule has 0 bridgehead atoms. The lowest BCUT2D eigenvalue weighted by molar-refractivity contribution is -0.133. The topological polar surface area (TPSA) is 45.3 Å². The molecule has 0 saturated heterocycles. The minimum Gasteiger partial charge on any atom is -0.426 e. The number of rotatable bonds is 8. The SMILES string of the molecule is CCCN(CC)CCc1c[nH]c2cccc(OC(=O)CC)c12. The Morgan fingerprint density at radius 3 is 2.73 bits per heavy atom. The van der Waals surface area contributed by atoms with Crippen molar-refractivity contribution < 1.29 is 9.53 Å². The van der Waals surface area contributed by atoms with Crippen LogP contribution in [0.25, 0.3) is 10.9 Å². The number of nitrogens with one attached hydrogen (secondary N) is 1. The van der Waals surface area contributed by atoms with E-state index in [1.54, 1.807) is 0 Å². The van der Waals surface area contributed by atoms with E-state index in [1.807, 2.05) is 31.3 Å². The Labute approximate surface area is 132 Å². The van der Waals surface area contributed by atoms with E-state index in [-0.39, 0.29) is 5.97 Å². The van der Waals surface area contributed by atoms with Crippen molar-refractivity contribution in [1.29, 1.82) is 0 Å². The molecule has 0 aliphatic rings. The Balaban J connectivity index is 2.21. The number of nitrogens with zero attached hydrogens (tertiary/aromatic N) is 1. The zero-order valence-electron chi connectivity index (χ0n) is 13.8. The lowest BCUT2D eigenvalue weighted by Gasteiger charge is -2.19. The van der Waals surface area contributed by atoms with Gasteiger partial charge in [-0.05, 0) is 43.6 Å². The molecule has 0 atom stereocenters. The van der Waals surface area contributed by atoms with Gasteiger partial charge in [-0.25, -0.2) is 0 Å². The molecule has 1 N–H and O–H groups in total. The molecule has 0 radical (unpaired) electrons. The van der Waals surface area contributed by atoms with Gasteiger partial charge in [0.2, 0.25) is 0 Å².